The number of fused-ring (bicyclic) bond motifs is 1. The number of nitrogens with zero attached hydrogens (tertiary/aromatic N) is 1. The van der Waals surface area contributed by atoms with Crippen LogP contribution in [0.15, 0.2) is 12.3 Å². The van der Waals surface area contributed by atoms with Crippen LogP contribution >= 0.6 is 0 Å². The maximum absolute atomic E-state index is 11.4. The molecule has 0 atom stereocenters. The van der Waals surface area contributed by atoms with Gasteiger partial charge in [-0.25, -0.2) is 0 Å². The van der Waals surface area contributed by atoms with Crippen molar-refractivity contribution < 1.29 is 16.8 Å². The average Bonchev–Trinajstić information content (AvgIpc) is 2.96. The zero-order valence-electron chi connectivity index (χ0n) is 16.7. The van der Waals surface area contributed by atoms with E-state index in [4.69, 9.17) is 8.37 Å². The van der Waals surface area contributed by atoms with Crippen LogP contribution in [0.2, 0.25) is 0 Å². The third-order valence-electron chi connectivity index (χ3n) is 5.09. The normalized spacial score (nSPS) is 14.6. The molecule has 0 spiro atoms. The maximum atomic E-state index is 11.4. The molecular formula is C21H35NO4S. The lowest BCUT2D eigenvalue weighted by Gasteiger charge is -2.04. The summed E-state index contributed by atoms with van der Waals surface area (Å²) in [5.74, 6) is 0.526. The Balaban J connectivity index is 1.45. The number of hydrogen-bond donors (Lipinski definition) is 0. The molecule has 0 amide bonds. The lowest BCUT2D eigenvalue weighted by atomic mass is 10.0. The highest BCUT2D eigenvalue weighted by molar-refractivity contribution is 7.82. The molecule has 0 radical (unpaired) electrons. The van der Waals surface area contributed by atoms with Crippen LogP contribution in [0.3, 0.4) is 0 Å². The van der Waals surface area contributed by atoms with E-state index in [-0.39, 0.29) is 11.5 Å². The minimum absolute atomic E-state index is 0.255. The standard InChI is InChI=1S/C21H35NO4S/c1-2-3-4-5-6-7-8-9-10-11-12-13-14-15-16-19-21-20(17-18-22-19)25-27(23,24)26-21/h17-18H,2-16H2,1H3. The summed E-state index contributed by atoms with van der Waals surface area (Å²) in [6.45, 7) is 2.26. The van der Waals surface area contributed by atoms with Gasteiger partial charge in [0.05, 0.1) is 5.69 Å². The number of unbranched alkanes of at least 4 members (excludes halogenated alkanes) is 13. The van der Waals surface area contributed by atoms with Crippen molar-refractivity contribution in [2.45, 2.75) is 103 Å². The Hall–Kier alpha value is -1.30. The molecule has 27 heavy (non-hydrogen) atoms. The van der Waals surface area contributed by atoms with Crippen molar-refractivity contribution in [1.82, 2.24) is 4.98 Å². The van der Waals surface area contributed by atoms with E-state index >= 15 is 0 Å². The van der Waals surface area contributed by atoms with Crippen molar-refractivity contribution in [3.05, 3.63) is 18.0 Å². The highest BCUT2D eigenvalue weighted by Crippen LogP contribution is 2.38. The van der Waals surface area contributed by atoms with E-state index in [0.29, 0.717) is 5.69 Å². The fraction of sp³-hybridized carbons (Fsp3) is 0.762. The number of aromatic nitrogens is 1. The molecule has 0 saturated heterocycles. The third kappa shape index (κ3) is 8.50. The molecule has 0 saturated carbocycles. The minimum atomic E-state index is -3.93. The van der Waals surface area contributed by atoms with E-state index in [1.165, 1.54) is 83.1 Å². The maximum Gasteiger partial charge on any atom is 0.501 e. The molecule has 6 heteroatoms. The predicted octanol–water partition coefficient (Wildman–Crippen LogP) is 6.12. The van der Waals surface area contributed by atoms with Crippen LogP contribution in [0, 0.1) is 0 Å². The summed E-state index contributed by atoms with van der Waals surface area (Å²) in [5, 5.41) is 0. The molecule has 0 N–H and O–H groups in total. The van der Waals surface area contributed by atoms with Crippen LogP contribution in [-0.4, -0.2) is 13.4 Å². The van der Waals surface area contributed by atoms with Gasteiger partial charge in [0.15, 0.2) is 5.75 Å². The van der Waals surface area contributed by atoms with E-state index in [9.17, 15) is 8.42 Å². The molecule has 2 heterocycles. The summed E-state index contributed by atoms with van der Waals surface area (Å²) in [6.07, 6.45) is 20.7. The monoisotopic (exact) mass is 397 g/mol. The lowest BCUT2D eigenvalue weighted by molar-refractivity contribution is 0.435. The SMILES string of the molecule is CCCCCCCCCCCCCCCCc1nccc2c1OS(=O)(=O)O2. The van der Waals surface area contributed by atoms with Gasteiger partial charge in [-0.2, -0.15) is 0 Å². The quantitative estimate of drug-likeness (QED) is 0.333. The van der Waals surface area contributed by atoms with Crippen LogP contribution in [0.1, 0.15) is 103 Å². The summed E-state index contributed by atoms with van der Waals surface area (Å²) in [5.41, 5.74) is 0.674. The van der Waals surface area contributed by atoms with Gasteiger partial charge in [0.1, 0.15) is 0 Å². The lowest BCUT2D eigenvalue weighted by Crippen LogP contribution is -2.08. The van der Waals surface area contributed by atoms with E-state index in [1.807, 2.05) is 0 Å². The van der Waals surface area contributed by atoms with E-state index in [1.54, 1.807) is 6.20 Å². The molecule has 1 aromatic rings. The molecular weight excluding hydrogens is 362 g/mol. The van der Waals surface area contributed by atoms with E-state index < -0.39 is 10.4 Å². The summed E-state index contributed by atoms with van der Waals surface area (Å²) in [4.78, 5) is 4.25. The number of pyridine rings is 1. The van der Waals surface area contributed by atoms with Crippen LogP contribution in [0.5, 0.6) is 11.5 Å². The Labute approximate surface area is 165 Å². The molecule has 2 rings (SSSR count). The van der Waals surface area contributed by atoms with Crippen molar-refractivity contribution in [3.8, 4) is 11.5 Å². The molecule has 0 aromatic carbocycles. The highest BCUT2D eigenvalue weighted by Gasteiger charge is 2.31. The Kier molecular flexibility index (Phi) is 9.95. The molecule has 5 nitrogen and oxygen atoms in total. The van der Waals surface area contributed by atoms with Gasteiger partial charge in [-0.1, -0.05) is 90.4 Å². The molecule has 1 aliphatic heterocycles. The number of hydrogen-bond acceptors (Lipinski definition) is 5. The Bertz CT molecular complexity index is 646. The molecule has 0 aliphatic carbocycles. The van der Waals surface area contributed by atoms with Gasteiger partial charge in [-0.05, 0) is 12.8 Å². The smallest absolute Gasteiger partial charge is 0.349 e. The number of rotatable bonds is 15. The summed E-state index contributed by atoms with van der Waals surface area (Å²) >= 11 is 0. The second-order valence-electron chi connectivity index (χ2n) is 7.51. The topological polar surface area (TPSA) is 65.5 Å². The zero-order valence-corrected chi connectivity index (χ0v) is 17.6. The van der Waals surface area contributed by atoms with Gasteiger partial charge in [0.2, 0.25) is 5.75 Å². The first-order valence-corrected chi connectivity index (χ1v) is 12.1. The third-order valence-corrected chi connectivity index (χ3v) is 5.84. The van der Waals surface area contributed by atoms with Crippen LogP contribution in [0.4, 0.5) is 0 Å². The van der Waals surface area contributed by atoms with Crippen LogP contribution < -0.4 is 8.37 Å². The van der Waals surface area contributed by atoms with Gasteiger partial charge in [-0.15, -0.1) is 8.42 Å². The summed E-state index contributed by atoms with van der Waals surface area (Å²) < 4.78 is 32.4. The molecule has 1 aromatic heterocycles. The summed E-state index contributed by atoms with van der Waals surface area (Å²) in [6, 6.07) is 1.52. The average molecular weight is 398 g/mol. The van der Waals surface area contributed by atoms with Gasteiger partial charge >= 0.3 is 10.4 Å². The molecule has 0 bridgehead atoms. The largest absolute Gasteiger partial charge is 0.501 e. The molecule has 1 aliphatic rings. The van der Waals surface area contributed by atoms with Crippen molar-refractivity contribution >= 4 is 10.4 Å². The first-order valence-electron chi connectivity index (χ1n) is 10.7. The fourth-order valence-electron chi connectivity index (χ4n) is 3.52. The summed E-state index contributed by atoms with van der Waals surface area (Å²) in [7, 11) is -3.93. The molecule has 154 valence electrons. The zero-order chi connectivity index (χ0) is 19.4. The predicted molar refractivity (Wildman–Crippen MR) is 108 cm³/mol. The van der Waals surface area contributed by atoms with Crippen LogP contribution in [-0.2, 0) is 16.8 Å². The van der Waals surface area contributed by atoms with Gasteiger partial charge < -0.3 is 8.37 Å². The van der Waals surface area contributed by atoms with Crippen molar-refractivity contribution in [1.29, 1.82) is 0 Å². The second-order valence-corrected chi connectivity index (χ2v) is 8.66. The van der Waals surface area contributed by atoms with E-state index in [2.05, 4.69) is 11.9 Å². The van der Waals surface area contributed by atoms with E-state index in [0.717, 1.165) is 19.3 Å². The first kappa shape index (κ1) is 22.0. The van der Waals surface area contributed by atoms with Gasteiger partial charge in [0.25, 0.3) is 0 Å². The highest BCUT2D eigenvalue weighted by atomic mass is 32.3. The van der Waals surface area contributed by atoms with Crippen molar-refractivity contribution in [2.75, 3.05) is 0 Å². The second kappa shape index (κ2) is 12.2. The minimum Gasteiger partial charge on any atom is -0.349 e. The Morgan fingerprint density at radius 2 is 1.30 bits per heavy atom. The number of aryl methyl sites for hydroxylation is 1. The Morgan fingerprint density at radius 3 is 1.85 bits per heavy atom. The fourth-order valence-corrected chi connectivity index (χ4v) is 4.29. The van der Waals surface area contributed by atoms with Gasteiger partial charge in [-0.3, -0.25) is 4.98 Å². The Morgan fingerprint density at radius 1 is 0.778 bits per heavy atom. The molecule has 0 unspecified atom stereocenters. The molecule has 0 fully saturated rings. The van der Waals surface area contributed by atoms with Crippen molar-refractivity contribution in [3.63, 3.8) is 0 Å². The van der Waals surface area contributed by atoms with Crippen molar-refractivity contribution in [2.24, 2.45) is 0 Å². The first-order chi connectivity index (χ1) is 13.1. The van der Waals surface area contributed by atoms with Crippen LogP contribution in [0.25, 0.3) is 0 Å². The van der Waals surface area contributed by atoms with Gasteiger partial charge in [0, 0.05) is 12.3 Å².